The van der Waals surface area contributed by atoms with Crippen molar-refractivity contribution in [3.05, 3.63) is 59.1 Å². The SMILES string of the molecule is Oc1ccccc1CNCc1nc2ccccc2s1. The summed E-state index contributed by atoms with van der Waals surface area (Å²) in [5, 5.41) is 14.0. The molecule has 3 aromatic rings. The molecule has 1 heterocycles. The molecule has 0 fully saturated rings. The van der Waals surface area contributed by atoms with Crippen molar-refractivity contribution in [2.45, 2.75) is 13.1 Å². The van der Waals surface area contributed by atoms with E-state index >= 15 is 0 Å². The second-order valence-electron chi connectivity index (χ2n) is 4.31. The minimum absolute atomic E-state index is 0.333. The van der Waals surface area contributed by atoms with Crippen LogP contribution in [0.5, 0.6) is 5.75 Å². The number of hydrogen-bond donors (Lipinski definition) is 2. The Kier molecular flexibility index (Phi) is 3.44. The smallest absolute Gasteiger partial charge is 0.120 e. The van der Waals surface area contributed by atoms with E-state index in [1.165, 1.54) is 4.70 Å². The van der Waals surface area contributed by atoms with Crippen molar-refractivity contribution in [3.63, 3.8) is 0 Å². The first-order chi connectivity index (χ1) is 9.33. The van der Waals surface area contributed by atoms with Crippen LogP contribution in [0, 0.1) is 0 Å². The normalized spacial score (nSPS) is 10.9. The van der Waals surface area contributed by atoms with Crippen molar-refractivity contribution < 1.29 is 5.11 Å². The Balaban J connectivity index is 1.65. The highest BCUT2D eigenvalue weighted by molar-refractivity contribution is 7.18. The third-order valence-electron chi connectivity index (χ3n) is 2.92. The molecule has 0 saturated carbocycles. The van der Waals surface area contributed by atoms with Gasteiger partial charge in [-0.25, -0.2) is 4.98 Å². The van der Waals surface area contributed by atoms with Crippen LogP contribution in [0.15, 0.2) is 48.5 Å². The molecule has 4 heteroatoms. The average molecular weight is 270 g/mol. The van der Waals surface area contributed by atoms with E-state index in [9.17, 15) is 5.11 Å². The molecule has 0 atom stereocenters. The lowest BCUT2D eigenvalue weighted by Crippen LogP contribution is -2.12. The van der Waals surface area contributed by atoms with Gasteiger partial charge >= 0.3 is 0 Å². The van der Waals surface area contributed by atoms with Crippen LogP contribution in [0.3, 0.4) is 0 Å². The van der Waals surface area contributed by atoms with Crippen LogP contribution in [-0.2, 0) is 13.1 Å². The molecule has 96 valence electrons. The number of rotatable bonds is 4. The summed E-state index contributed by atoms with van der Waals surface area (Å²) in [6.07, 6.45) is 0. The molecule has 0 aliphatic carbocycles. The first-order valence-electron chi connectivity index (χ1n) is 6.15. The average Bonchev–Trinajstić information content (AvgIpc) is 2.83. The van der Waals surface area contributed by atoms with Gasteiger partial charge < -0.3 is 10.4 Å². The highest BCUT2D eigenvalue weighted by Gasteiger charge is 2.03. The zero-order valence-corrected chi connectivity index (χ0v) is 11.2. The lowest BCUT2D eigenvalue weighted by Gasteiger charge is -2.04. The maximum atomic E-state index is 9.67. The van der Waals surface area contributed by atoms with E-state index in [2.05, 4.69) is 16.4 Å². The molecular formula is C15H14N2OS. The second kappa shape index (κ2) is 5.38. The summed E-state index contributed by atoms with van der Waals surface area (Å²) >= 11 is 1.70. The van der Waals surface area contributed by atoms with Crippen LogP contribution in [-0.4, -0.2) is 10.1 Å². The Morgan fingerprint density at radius 2 is 1.79 bits per heavy atom. The van der Waals surface area contributed by atoms with Gasteiger partial charge in [0.1, 0.15) is 10.8 Å². The molecule has 0 unspecified atom stereocenters. The minimum atomic E-state index is 0.333. The molecule has 3 nitrogen and oxygen atoms in total. The Morgan fingerprint density at radius 3 is 2.63 bits per heavy atom. The molecular weight excluding hydrogens is 256 g/mol. The summed E-state index contributed by atoms with van der Waals surface area (Å²) in [7, 11) is 0. The molecule has 1 aromatic heterocycles. The minimum Gasteiger partial charge on any atom is -0.508 e. The summed E-state index contributed by atoms with van der Waals surface area (Å²) < 4.78 is 1.21. The van der Waals surface area contributed by atoms with Gasteiger partial charge in [-0.2, -0.15) is 0 Å². The van der Waals surface area contributed by atoms with Crippen molar-refractivity contribution in [2.75, 3.05) is 0 Å². The number of phenols is 1. The molecule has 0 saturated heterocycles. The number of aromatic nitrogens is 1. The van der Waals surface area contributed by atoms with E-state index in [0.29, 0.717) is 18.8 Å². The number of phenolic OH excluding ortho intramolecular Hbond substituents is 1. The van der Waals surface area contributed by atoms with Crippen LogP contribution in [0.25, 0.3) is 10.2 Å². The zero-order valence-electron chi connectivity index (χ0n) is 10.3. The first-order valence-corrected chi connectivity index (χ1v) is 6.96. The van der Waals surface area contributed by atoms with Gasteiger partial charge in [0, 0.05) is 18.7 Å². The number of nitrogens with zero attached hydrogens (tertiary/aromatic N) is 1. The van der Waals surface area contributed by atoms with Crippen molar-refractivity contribution in [3.8, 4) is 5.75 Å². The molecule has 0 amide bonds. The number of aromatic hydroxyl groups is 1. The molecule has 0 aliphatic heterocycles. The number of benzene rings is 2. The maximum absolute atomic E-state index is 9.67. The van der Waals surface area contributed by atoms with Crippen molar-refractivity contribution in [2.24, 2.45) is 0 Å². The predicted molar refractivity (Wildman–Crippen MR) is 78.3 cm³/mol. The van der Waals surface area contributed by atoms with E-state index in [4.69, 9.17) is 0 Å². The van der Waals surface area contributed by atoms with Crippen molar-refractivity contribution in [1.82, 2.24) is 10.3 Å². The third kappa shape index (κ3) is 2.75. The van der Waals surface area contributed by atoms with Gasteiger partial charge in [-0.1, -0.05) is 30.3 Å². The summed E-state index contributed by atoms with van der Waals surface area (Å²) in [5.41, 5.74) is 1.95. The molecule has 2 aromatic carbocycles. The molecule has 2 N–H and O–H groups in total. The Morgan fingerprint density at radius 1 is 1.00 bits per heavy atom. The summed E-state index contributed by atoms with van der Waals surface area (Å²) in [6, 6.07) is 15.5. The molecule has 0 radical (unpaired) electrons. The highest BCUT2D eigenvalue weighted by atomic mass is 32.1. The highest BCUT2D eigenvalue weighted by Crippen LogP contribution is 2.21. The van der Waals surface area contributed by atoms with E-state index in [1.807, 2.05) is 36.4 Å². The fourth-order valence-corrected chi connectivity index (χ4v) is 2.90. The standard InChI is InChI=1S/C15H14N2OS/c18-13-7-3-1-5-11(13)9-16-10-15-17-12-6-2-4-8-14(12)19-15/h1-8,16,18H,9-10H2. The van der Waals surface area contributed by atoms with Crippen molar-refractivity contribution >= 4 is 21.6 Å². The summed E-state index contributed by atoms with van der Waals surface area (Å²) in [5.74, 6) is 0.333. The van der Waals surface area contributed by atoms with E-state index in [1.54, 1.807) is 17.4 Å². The van der Waals surface area contributed by atoms with Gasteiger partial charge in [0.25, 0.3) is 0 Å². The van der Waals surface area contributed by atoms with Crippen molar-refractivity contribution in [1.29, 1.82) is 0 Å². The predicted octanol–water partition coefficient (Wildman–Crippen LogP) is 3.29. The van der Waals surface area contributed by atoms with Crippen LogP contribution in [0.2, 0.25) is 0 Å². The third-order valence-corrected chi connectivity index (χ3v) is 3.96. The van der Waals surface area contributed by atoms with Crippen LogP contribution in [0.1, 0.15) is 10.6 Å². The number of fused-ring (bicyclic) bond motifs is 1. The van der Waals surface area contributed by atoms with Gasteiger partial charge in [0.05, 0.1) is 10.2 Å². The first kappa shape index (κ1) is 12.1. The van der Waals surface area contributed by atoms with Crippen LogP contribution in [0.4, 0.5) is 0 Å². The molecule has 0 aliphatic rings. The van der Waals surface area contributed by atoms with E-state index in [0.717, 1.165) is 16.1 Å². The lowest BCUT2D eigenvalue weighted by atomic mass is 10.2. The molecule has 0 bridgehead atoms. The Bertz CT molecular complexity index is 660. The second-order valence-corrected chi connectivity index (χ2v) is 5.42. The van der Waals surface area contributed by atoms with Crippen LogP contribution < -0.4 is 5.32 Å². The lowest BCUT2D eigenvalue weighted by molar-refractivity contribution is 0.464. The summed E-state index contributed by atoms with van der Waals surface area (Å²) in [4.78, 5) is 4.56. The fourth-order valence-electron chi connectivity index (χ4n) is 1.96. The number of thiazole rings is 1. The van der Waals surface area contributed by atoms with Gasteiger partial charge in [-0.15, -0.1) is 11.3 Å². The van der Waals surface area contributed by atoms with Gasteiger partial charge in [-0.3, -0.25) is 0 Å². The van der Waals surface area contributed by atoms with E-state index < -0.39 is 0 Å². The number of hydrogen-bond acceptors (Lipinski definition) is 4. The van der Waals surface area contributed by atoms with E-state index in [-0.39, 0.29) is 0 Å². The molecule has 0 spiro atoms. The molecule has 3 rings (SSSR count). The Labute approximate surface area is 115 Å². The Hall–Kier alpha value is -1.91. The topological polar surface area (TPSA) is 45.1 Å². The maximum Gasteiger partial charge on any atom is 0.120 e. The quantitative estimate of drug-likeness (QED) is 0.764. The number of nitrogens with one attached hydrogen (secondary N) is 1. The zero-order chi connectivity index (χ0) is 13.1. The molecule has 19 heavy (non-hydrogen) atoms. The van der Waals surface area contributed by atoms with Gasteiger partial charge in [0.15, 0.2) is 0 Å². The largest absolute Gasteiger partial charge is 0.508 e. The van der Waals surface area contributed by atoms with Crippen LogP contribution >= 0.6 is 11.3 Å². The monoisotopic (exact) mass is 270 g/mol. The van der Waals surface area contributed by atoms with Gasteiger partial charge in [0.2, 0.25) is 0 Å². The number of para-hydroxylation sites is 2. The summed E-state index contributed by atoms with van der Waals surface area (Å²) in [6.45, 7) is 1.36. The van der Waals surface area contributed by atoms with Gasteiger partial charge in [-0.05, 0) is 18.2 Å². The fraction of sp³-hybridized carbons (Fsp3) is 0.133.